The minimum atomic E-state index is -0.218. The van der Waals surface area contributed by atoms with Crippen LogP contribution in [-0.4, -0.2) is 16.0 Å². The average molecular weight is 339 g/mol. The van der Waals surface area contributed by atoms with Gasteiger partial charge in [0.25, 0.3) is 0 Å². The predicted molar refractivity (Wildman–Crippen MR) is 97.1 cm³/mol. The van der Waals surface area contributed by atoms with Crippen LogP contribution in [0.2, 0.25) is 0 Å². The van der Waals surface area contributed by atoms with Crippen molar-refractivity contribution < 1.29 is 9.90 Å². The smallest absolute Gasteiger partial charge is 0.230 e. The fourth-order valence-corrected chi connectivity index (χ4v) is 3.08. The zero-order chi connectivity index (χ0) is 17.1. The van der Waals surface area contributed by atoms with E-state index in [0.717, 1.165) is 16.1 Å². The van der Waals surface area contributed by atoms with Gasteiger partial charge in [-0.25, -0.2) is 4.98 Å². The summed E-state index contributed by atoms with van der Waals surface area (Å²) in [5.74, 6) is -0.167. The zero-order valence-corrected chi connectivity index (χ0v) is 13.9. The minimum Gasteiger partial charge on any atom is -0.506 e. The first-order chi connectivity index (χ1) is 11.5. The third-order valence-corrected chi connectivity index (χ3v) is 4.42. The number of nitrogens with zero attached hydrogens (tertiary/aromatic N) is 1. The second-order valence-corrected chi connectivity index (χ2v) is 6.37. The third-order valence-electron chi connectivity index (χ3n) is 3.48. The summed E-state index contributed by atoms with van der Waals surface area (Å²) >= 11 is 1.48. The van der Waals surface area contributed by atoms with Gasteiger partial charge >= 0.3 is 0 Å². The number of phenolic OH excluding ortho intramolecular Hbond substituents is 1. The van der Waals surface area contributed by atoms with Crippen molar-refractivity contribution in [2.75, 3.05) is 11.1 Å². The number of anilines is 2. The van der Waals surface area contributed by atoms with Gasteiger partial charge < -0.3 is 16.2 Å². The Balaban J connectivity index is 1.69. The fraction of sp³-hybridized carbons (Fsp3) is 0.111. The molecule has 0 fully saturated rings. The average Bonchev–Trinajstić information content (AvgIpc) is 3.00. The van der Waals surface area contributed by atoms with E-state index in [1.165, 1.54) is 11.3 Å². The summed E-state index contributed by atoms with van der Waals surface area (Å²) in [5.41, 5.74) is 9.42. The number of amides is 1. The Morgan fingerprint density at radius 3 is 2.75 bits per heavy atom. The van der Waals surface area contributed by atoms with Gasteiger partial charge in [0, 0.05) is 16.6 Å². The van der Waals surface area contributed by atoms with Gasteiger partial charge in [0.1, 0.15) is 10.8 Å². The van der Waals surface area contributed by atoms with Gasteiger partial charge in [-0.3, -0.25) is 4.79 Å². The Morgan fingerprint density at radius 1 is 1.25 bits per heavy atom. The molecule has 3 aromatic rings. The van der Waals surface area contributed by atoms with E-state index in [2.05, 4.69) is 10.3 Å². The lowest BCUT2D eigenvalue weighted by Crippen LogP contribution is -2.14. The lowest BCUT2D eigenvalue weighted by atomic mass is 10.2. The highest BCUT2D eigenvalue weighted by Gasteiger charge is 2.11. The number of hydrogen-bond acceptors (Lipinski definition) is 5. The van der Waals surface area contributed by atoms with E-state index in [4.69, 9.17) is 5.73 Å². The summed E-state index contributed by atoms with van der Waals surface area (Å²) in [5, 5.41) is 15.2. The molecule has 4 N–H and O–H groups in total. The molecule has 6 heteroatoms. The predicted octanol–water partition coefficient (Wildman–Crippen LogP) is 3.59. The number of phenols is 1. The second-order valence-electron chi connectivity index (χ2n) is 5.51. The molecule has 0 radical (unpaired) electrons. The van der Waals surface area contributed by atoms with Crippen LogP contribution in [0.25, 0.3) is 10.6 Å². The summed E-state index contributed by atoms with van der Waals surface area (Å²) in [7, 11) is 0. The highest BCUT2D eigenvalue weighted by Crippen LogP contribution is 2.26. The van der Waals surface area contributed by atoms with Crippen molar-refractivity contribution in [2.45, 2.75) is 13.3 Å². The van der Waals surface area contributed by atoms with E-state index in [0.29, 0.717) is 17.1 Å². The molecular formula is C18H17N3O2S. The molecule has 3 rings (SSSR count). The molecule has 0 atom stereocenters. The molecule has 0 spiro atoms. The molecule has 0 aliphatic carbocycles. The minimum absolute atomic E-state index is 0.0507. The molecule has 122 valence electrons. The van der Waals surface area contributed by atoms with Gasteiger partial charge in [0.05, 0.1) is 17.8 Å². The largest absolute Gasteiger partial charge is 0.506 e. The maximum atomic E-state index is 12.2. The van der Waals surface area contributed by atoms with E-state index in [1.54, 1.807) is 18.2 Å². The van der Waals surface area contributed by atoms with Crippen LogP contribution in [-0.2, 0) is 11.2 Å². The molecule has 0 aliphatic heterocycles. The molecule has 0 saturated carbocycles. The van der Waals surface area contributed by atoms with Crippen LogP contribution in [0.5, 0.6) is 5.75 Å². The van der Waals surface area contributed by atoms with E-state index < -0.39 is 0 Å². The van der Waals surface area contributed by atoms with Gasteiger partial charge in [-0.1, -0.05) is 6.07 Å². The Morgan fingerprint density at radius 2 is 2.00 bits per heavy atom. The summed E-state index contributed by atoms with van der Waals surface area (Å²) < 4.78 is 0. The molecule has 0 aliphatic rings. The molecule has 1 aromatic heterocycles. The Kier molecular flexibility index (Phi) is 4.48. The normalized spacial score (nSPS) is 10.5. The molecule has 0 bridgehead atoms. The lowest BCUT2D eigenvalue weighted by Gasteiger charge is -2.07. The quantitative estimate of drug-likeness (QED) is 0.501. The van der Waals surface area contributed by atoms with Crippen LogP contribution < -0.4 is 11.1 Å². The monoisotopic (exact) mass is 339 g/mol. The number of aromatic nitrogens is 1. The van der Waals surface area contributed by atoms with Gasteiger partial charge in [-0.2, -0.15) is 0 Å². The first-order valence-corrected chi connectivity index (χ1v) is 8.29. The first kappa shape index (κ1) is 16.0. The van der Waals surface area contributed by atoms with Crippen molar-refractivity contribution >= 4 is 28.6 Å². The number of nitrogen functional groups attached to an aromatic ring is 1. The highest BCUT2D eigenvalue weighted by atomic mass is 32.1. The SMILES string of the molecule is Cc1ccc(O)c(NC(=O)Cc2csc(-c3ccc(N)cc3)n2)c1. The van der Waals surface area contributed by atoms with E-state index in [9.17, 15) is 9.90 Å². The number of thiazole rings is 1. The fourth-order valence-electron chi connectivity index (χ4n) is 2.26. The van der Waals surface area contributed by atoms with Crippen LogP contribution in [0, 0.1) is 6.92 Å². The summed E-state index contributed by atoms with van der Waals surface area (Å²) in [6.45, 7) is 1.90. The molecule has 5 nitrogen and oxygen atoms in total. The number of nitrogens with one attached hydrogen (secondary N) is 1. The zero-order valence-electron chi connectivity index (χ0n) is 13.1. The van der Waals surface area contributed by atoms with E-state index in [-0.39, 0.29) is 18.1 Å². The van der Waals surface area contributed by atoms with Crippen LogP contribution in [0.4, 0.5) is 11.4 Å². The van der Waals surface area contributed by atoms with Crippen molar-refractivity contribution in [1.29, 1.82) is 0 Å². The molecular weight excluding hydrogens is 322 g/mol. The van der Waals surface area contributed by atoms with E-state index >= 15 is 0 Å². The third kappa shape index (κ3) is 3.72. The van der Waals surface area contributed by atoms with Crippen LogP contribution in [0.15, 0.2) is 47.8 Å². The number of aromatic hydroxyl groups is 1. The van der Waals surface area contributed by atoms with Crippen molar-refractivity contribution in [3.8, 4) is 16.3 Å². The summed E-state index contributed by atoms with van der Waals surface area (Å²) in [4.78, 5) is 16.6. The number of nitrogens with two attached hydrogens (primary N) is 1. The van der Waals surface area contributed by atoms with Crippen molar-refractivity contribution in [3.63, 3.8) is 0 Å². The topological polar surface area (TPSA) is 88.2 Å². The van der Waals surface area contributed by atoms with Gasteiger partial charge in [-0.05, 0) is 48.9 Å². The maximum Gasteiger partial charge on any atom is 0.230 e. The Labute approximate surface area is 143 Å². The van der Waals surface area contributed by atoms with Crippen LogP contribution in [0.1, 0.15) is 11.3 Å². The van der Waals surface area contributed by atoms with Crippen molar-refractivity contribution in [2.24, 2.45) is 0 Å². The Bertz CT molecular complexity index is 872. The maximum absolute atomic E-state index is 12.2. The van der Waals surface area contributed by atoms with Gasteiger partial charge in [-0.15, -0.1) is 11.3 Å². The number of benzene rings is 2. The molecule has 2 aromatic carbocycles. The highest BCUT2D eigenvalue weighted by molar-refractivity contribution is 7.13. The number of carbonyl (C=O) groups is 1. The Hall–Kier alpha value is -2.86. The molecule has 0 unspecified atom stereocenters. The van der Waals surface area contributed by atoms with E-state index in [1.807, 2.05) is 36.6 Å². The first-order valence-electron chi connectivity index (χ1n) is 7.41. The number of hydrogen-bond donors (Lipinski definition) is 3. The van der Waals surface area contributed by atoms with Crippen LogP contribution >= 0.6 is 11.3 Å². The number of rotatable bonds is 4. The van der Waals surface area contributed by atoms with Gasteiger partial charge in [0.2, 0.25) is 5.91 Å². The molecule has 1 heterocycles. The standard InChI is InChI=1S/C18H17N3O2S/c1-11-2-7-16(22)15(8-11)21-17(23)9-14-10-24-18(20-14)12-3-5-13(19)6-4-12/h2-8,10,22H,9,19H2,1H3,(H,21,23). The molecule has 24 heavy (non-hydrogen) atoms. The van der Waals surface area contributed by atoms with Crippen molar-refractivity contribution in [3.05, 3.63) is 59.1 Å². The molecule has 1 amide bonds. The summed E-state index contributed by atoms with van der Waals surface area (Å²) in [6, 6.07) is 12.5. The van der Waals surface area contributed by atoms with Gasteiger partial charge in [0.15, 0.2) is 0 Å². The number of carbonyl (C=O) groups excluding carboxylic acids is 1. The number of aryl methyl sites for hydroxylation is 1. The summed E-state index contributed by atoms with van der Waals surface area (Å²) in [6.07, 6.45) is 0.152. The van der Waals surface area contributed by atoms with Crippen LogP contribution in [0.3, 0.4) is 0 Å². The lowest BCUT2D eigenvalue weighted by molar-refractivity contribution is -0.115. The molecule has 0 saturated heterocycles. The second kappa shape index (κ2) is 6.72. The van der Waals surface area contributed by atoms with Crippen molar-refractivity contribution in [1.82, 2.24) is 4.98 Å².